The molecule has 0 fully saturated rings. The van der Waals surface area contributed by atoms with Crippen LogP contribution in [0.25, 0.3) is 11.0 Å². The van der Waals surface area contributed by atoms with Gasteiger partial charge in [0.25, 0.3) is 0 Å². The zero-order valence-corrected chi connectivity index (χ0v) is 11.9. The summed E-state index contributed by atoms with van der Waals surface area (Å²) in [6, 6.07) is 8.72. The zero-order valence-electron chi connectivity index (χ0n) is 11.1. The maximum absolute atomic E-state index is 5.97. The first-order valence-electron chi connectivity index (χ1n) is 6.38. The van der Waals surface area contributed by atoms with E-state index in [-0.39, 0.29) is 6.04 Å². The number of fused-ring (bicyclic) bond motifs is 1. The van der Waals surface area contributed by atoms with E-state index in [0.29, 0.717) is 6.54 Å². The Bertz CT molecular complexity index is 698. The molecule has 3 rings (SSSR count). The molecule has 98 valence electrons. The Labute approximate surface area is 116 Å². The first-order valence-corrected chi connectivity index (χ1v) is 7.26. The number of nitrogens with two attached hydrogens (primary N) is 1. The summed E-state index contributed by atoms with van der Waals surface area (Å²) in [4.78, 5) is 5.79. The molecule has 0 aliphatic carbocycles. The van der Waals surface area contributed by atoms with E-state index in [0.717, 1.165) is 11.0 Å². The van der Waals surface area contributed by atoms with E-state index in [9.17, 15) is 0 Å². The van der Waals surface area contributed by atoms with Gasteiger partial charge in [-0.15, -0.1) is 11.3 Å². The predicted molar refractivity (Wildman–Crippen MR) is 80.7 cm³/mol. The maximum Gasteiger partial charge on any atom is 0.0964 e. The average Bonchev–Trinajstić information content (AvgIpc) is 3.03. The van der Waals surface area contributed by atoms with E-state index in [1.54, 1.807) is 11.3 Å². The molecule has 0 saturated heterocycles. The summed E-state index contributed by atoms with van der Waals surface area (Å²) in [5, 5.41) is 2.09. The topological polar surface area (TPSA) is 43.8 Å². The summed E-state index contributed by atoms with van der Waals surface area (Å²) in [5.41, 5.74) is 10.7. The highest BCUT2D eigenvalue weighted by atomic mass is 32.1. The monoisotopic (exact) mass is 271 g/mol. The lowest BCUT2D eigenvalue weighted by Crippen LogP contribution is -2.18. The van der Waals surface area contributed by atoms with E-state index >= 15 is 0 Å². The molecule has 2 aromatic heterocycles. The summed E-state index contributed by atoms with van der Waals surface area (Å²) >= 11 is 1.74. The molecule has 2 N–H and O–H groups in total. The molecule has 1 atom stereocenters. The normalized spacial score (nSPS) is 13.0. The van der Waals surface area contributed by atoms with Crippen molar-refractivity contribution in [2.75, 3.05) is 6.54 Å². The summed E-state index contributed by atoms with van der Waals surface area (Å²) in [5.74, 6) is 0. The molecule has 3 nitrogen and oxygen atoms in total. The number of imidazole rings is 1. The second-order valence-corrected chi connectivity index (χ2v) is 5.82. The Morgan fingerprint density at radius 1 is 1.32 bits per heavy atom. The fourth-order valence-electron chi connectivity index (χ4n) is 2.38. The van der Waals surface area contributed by atoms with Crippen LogP contribution in [0.15, 0.2) is 36.0 Å². The van der Waals surface area contributed by atoms with Crippen LogP contribution in [0.1, 0.15) is 22.0 Å². The third kappa shape index (κ3) is 2.07. The fourth-order valence-corrected chi connectivity index (χ4v) is 3.22. The van der Waals surface area contributed by atoms with Gasteiger partial charge in [-0.1, -0.05) is 6.07 Å². The minimum atomic E-state index is 0.173. The second-order valence-electron chi connectivity index (χ2n) is 4.84. The van der Waals surface area contributed by atoms with Gasteiger partial charge in [0.05, 0.1) is 23.4 Å². The van der Waals surface area contributed by atoms with Gasteiger partial charge in [-0.2, -0.15) is 0 Å². The number of nitrogens with zero attached hydrogens (tertiary/aromatic N) is 2. The summed E-state index contributed by atoms with van der Waals surface area (Å²) in [6.07, 6.45) is 1.90. The Balaban J connectivity index is 2.17. The van der Waals surface area contributed by atoms with Crippen molar-refractivity contribution in [3.8, 4) is 0 Å². The quantitative estimate of drug-likeness (QED) is 0.794. The Morgan fingerprint density at radius 3 is 2.79 bits per heavy atom. The van der Waals surface area contributed by atoms with Crippen molar-refractivity contribution in [1.29, 1.82) is 0 Å². The van der Waals surface area contributed by atoms with Gasteiger partial charge in [-0.05, 0) is 48.6 Å². The Morgan fingerprint density at radius 2 is 2.11 bits per heavy atom. The molecule has 0 aliphatic heterocycles. The van der Waals surface area contributed by atoms with E-state index in [2.05, 4.69) is 53.0 Å². The average molecular weight is 271 g/mol. The van der Waals surface area contributed by atoms with Gasteiger partial charge in [-0.3, -0.25) is 0 Å². The van der Waals surface area contributed by atoms with Crippen molar-refractivity contribution >= 4 is 22.4 Å². The first-order chi connectivity index (χ1) is 9.20. The molecular weight excluding hydrogens is 254 g/mol. The lowest BCUT2D eigenvalue weighted by molar-refractivity contribution is 0.620. The highest BCUT2D eigenvalue weighted by Gasteiger charge is 2.16. The van der Waals surface area contributed by atoms with Crippen LogP contribution in [0.5, 0.6) is 0 Å². The number of aromatic nitrogens is 2. The summed E-state index contributed by atoms with van der Waals surface area (Å²) < 4.78 is 2.19. The minimum Gasteiger partial charge on any atom is -0.328 e. The van der Waals surface area contributed by atoms with Crippen LogP contribution in [0.4, 0.5) is 0 Å². The second kappa shape index (κ2) is 4.79. The molecule has 1 unspecified atom stereocenters. The Kier molecular flexibility index (Phi) is 3.12. The van der Waals surface area contributed by atoms with Crippen molar-refractivity contribution in [2.45, 2.75) is 19.9 Å². The number of hydrogen-bond donors (Lipinski definition) is 1. The molecule has 19 heavy (non-hydrogen) atoms. The first kappa shape index (κ1) is 12.4. The molecule has 0 spiro atoms. The van der Waals surface area contributed by atoms with Crippen LogP contribution in [0.3, 0.4) is 0 Å². The van der Waals surface area contributed by atoms with E-state index in [4.69, 9.17) is 5.73 Å². The number of hydrogen-bond acceptors (Lipinski definition) is 3. The third-order valence-electron chi connectivity index (χ3n) is 3.62. The van der Waals surface area contributed by atoms with Crippen LogP contribution in [0, 0.1) is 13.8 Å². The largest absolute Gasteiger partial charge is 0.328 e. The molecule has 0 aliphatic rings. The summed E-state index contributed by atoms with van der Waals surface area (Å²) in [6.45, 7) is 4.83. The molecule has 1 aromatic carbocycles. The molecule has 0 radical (unpaired) electrons. The van der Waals surface area contributed by atoms with Crippen molar-refractivity contribution in [1.82, 2.24) is 9.55 Å². The van der Waals surface area contributed by atoms with Gasteiger partial charge in [0.2, 0.25) is 0 Å². The highest BCUT2D eigenvalue weighted by Crippen LogP contribution is 2.27. The minimum absolute atomic E-state index is 0.173. The highest BCUT2D eigenvalue weighted by molar-refractivity contribution is 7.10. The van der Waals surface area contributed by atoms with Gasteiger partial charge < -0.3 is 10.3 Å². The molecule has 0 amide bonds. The Hall–Kier alpha value is -1.65. The van der Waals surface area contributed by atoms with Gasteiger partial charge >= 0.3 is 0 Å². The van der Waals surface area contributed by atoms with E-state index < -0.39 is 0 Å². The van der Waals surface area contributed by atoms with Crippen molar-refractivity contribution in [3.05, 3.63) is 52.0 Å². The standard InChI is InChI=1S/C15H17N3S/c1-10-6-12-13(7-11(10)2)18(9-17-12)14(8-16)15-4-3-5-19-15/h3-7,9,14H,8,16H2,1-2H3. The van der Waals surface area contributed by atoms with Crippen LogP contribution >= 0.6 is 11.3 Å². The smallest absolute Gasteiger partial charge is 0.0964 e. The molecule has 2 heterocycles. The lowest BCUT2D eigenvalue weighted by Gasteiger charge is -2.16. The van der Waals surface area contributed by atoms with Gasteiger partial charge in [-0.25, -0.2) is 4.98 Å². The van der Waals surface area contributed by atoms with Gasteiger partial charge in [0.15, 0.2) is 0 Å². The maximum atomic E-state index is 5.97. The molecule has 4 heteroatoms. The molecule has 0 bridgehead atoms. The zero-order chi connectivity index (χ0) is 13.4. The molecular formula is C15H17N3S. The lowest BCUT2D eigenvalue weighted by atomic mass is 10.1. The fraction of sp³-hybridized carbons (Fsp3) is 0.267. The predicted octanol–water partition coefficient (Wildman–Crippen LogP) is 3.26. The van der Waals surface area contributed by atoms with E-state index in [1.807, 2.05) is 6.33 Å². The molecule has 0 saturated carbocycles. The van der Waals surface area contributed by atoms with E-state index in [1.165, 1.54) is 16.0 Å². The SMILES string of the molecule is Cc1cc2ncn(C(CN)c3cccs3)c2cc1C. The van der Waals surface area contributed by atoms with Crippen molar-refractivity contribution in [2.24, 2.45) is 5.73 Å². The van der Waals surface area contributed by atoms with Gasteiger partial charge in [0, 0.05) is 11.4 Å². The summed E-state index contributed by atoms with van der Waals surface area (Å²) in [7, 11) is 0. The molecule has 3 aromatic rings. The number of thiophene rings is 1. The van der Waals surface area contributed by atoms with Crippen LogP contribution in [0.2, 0.25) is 0 Å². The third-order valence-corrected chi connectivity index (χ3v) is 4.59. The number of aryl methyl sites for hydroxylation is 2. The number of benzene rings is 1. The van der Waals surface area contributed by atoms with Crippen molar-refractivity contribution in [3.63, 3.8) is 0 Å². The number of rotatable bonds is 3. The van der Waals surface area contributed by atoms with Crippen LogP contribution in [-0.4, -0.2) is 16.1 Å². The van der Waals surface area contributed by atoms with Crippen molar-refractivity contribution < 1.29 is 0 Å². The van der Waals surface area contributed by atoms with Crippen LogP contribution in [-0.2, 0) is 0 Å². The van der Waals surface area contributed by atoms with Crippen LogP contribution < -0.4 is 5.73 Å². The van der Waals surface area contributed by atoms with Gasteiger partial charge in [0.1, 0.15) is 0 Å².